The van der Waals surface area contributed by atoms with Crippen LogP contribution in [0.25, 0.3) is 0 Å². The first-order valence-corrected chi connectivity index (χ1v) is 6.34. The van der Waals surface area contributed by atoms with Crippen LogP contribution in [-0.2, 0) is 4.79 Å². The van der Waals surface area contributed by atoms with E-state index in [2.05, 4.69) is 24.1 Å². The lowest BCUT2D eigenvalue weighted by molar-refractivity contribution is -0.116. The molecular weight excluding hydrogens is 226 g/mol. The van der Waals surface area contributed by atoms with Gasteiger partial charge in [0.05, 0.1) is 11.9 Å². The summed E-state index contributed by atoms with van der Waals surface area (Å²) in [5.74, 6) is 0.0347. The van der Waals surface area contributed by atoms with Crippen LogP contribution >= 0.6 is 0 Å². The molecule has 4 nitrogen and oxygen atoms in total. The second kappa shape index (κ2) is 6.50. The topological polar surface area (TPSA) is 68.0 Å². The van der Waals surface area contributed by atoms with Gasteiger partial charge in [-0.05, 0) is 43.4 Å². The molecule has 0 atom stereocenters. The molecule has 0 aliphatic rings. The molecule has 0 radical (unpaired) electrons. The van der Waals surface area contributed by atoms with E-state index >= 15 is 0 Å². The van der Waals surface area contributed by atoms with Crippen molar-refractivity contribution >= 4 is 11.6 Å². The van der Waals surface area contributed by atoms with Gasteiger partial charge in [0.2, 0.25) is 5.91 Å². The number of rotatable bonds is 6. The lowest BCUT2D eigenvalue weighted by Gasteiger charge is -2.23. The quantitative estimate of drug-likeness (QED) is 0.814. The third kappa shape index (κ3) is 5.27. The number of carbonyl (C=O) groups excluding carboxylic acids is 1. The van der Waals surface area contributed by atoms with E-state index in [1.54, 1.807) is 12.4 Å². The normalized spacial score (nSPS) is 11.3. The van der Waals surface area contributed by atoms with Gasteiger partial charge >= 0.3 is 0 Å². The molecule has 0 unspecified atom stereocenters. The van der Waals surface area contributed by atoms with E-state index in [0.29, 0.717) is 13.0 Å². The molecule has 0 aliphatic carbocycles. The van der Waals surface area contributed by atoms with E-state index in [-0.39, 0.29) is 11.3 Å². The number of nitrogens with two attached hydrogens (primary N) is 1. The molecule has 3 N–H and O–H groups in total. The Morgan fingerprint density at radius 1 is 1.39 bits per heavy atom. The molecule has 0 bridgehead atoms. The van der Waals surface area contributed by atoms with E-state index in [0.717, 1.165) is 24.1 Å². The largest absolute Gasteiger partial charge is 0.330 e. The van der Waals surface area contributed by atoms with Gasteiger partial charge in [-0.25, -0.2) is 0 Å². The fraction of sp³-hybridized carbons (Fsp3) is 0.571. The van der Waals surface area contributed by atoms with Gasteiger partial charge in [0.15, 0.2) is 0 Å². The highest BCUT2D eigenvalue weighted by atomic mass is 16.1. The predicted octanol–water partition coefficient (Wildman–Crippen LogP) is 2.48. The Morgan fingerprint density at radius 3 is 2.72 bits per heavy atom. The molecular formula is C14H23N3O. The van der Waals surface area contributed by atoms with Gasteiger partial charge in [-0.1, -0.05) is 13.8 Å². The summed E-state index contributed by atoms with van der Waals surface area (Å²) >= 11 is 0. The molecule has 1 aromatic heterocycles. The molecule has 1 rings (SSSR count). The number of pyridine rings is 1. The second-order valence-electron chi connectivity index (χ2n) is 5.50. The number of anilines is 1. The molecule has 0 aromatic carbocycles. The molecule has 0 fully saturated rings. The number of nitrogens with zero attached hydrogens (tertiary/aromatic N) is 1. The van der Waals surface area contributed by atoms with Crippen LogP contribution in [0.3, 0.4) is 0 Å². The molecule has 1 aromatic rings. The van der Waals surface area contributed by atoms with E-state index in [9.17, 15) is 4.79 Å². The summed E-state index contributed by atoms with van der Waals surface area (Å²) < 4.78 is 0. The van der Waals surface area contributed by atoms with E-state index < -0.39 is 0 Å². The van der Waals surface area contributed by atoms with Gasteiger partial charge in [-0.2, -0.15) is 0 Å². The van der Waals surface area contributed by atoms with Gasteiger partial charge in [0, 0.05) is 12.6 Å². The Balaban J connectivity index is 2.43. The van der Waals surface area contributed by atoms with Crippen molar-refractivity contribution in [3.63, 3.8) is 0 Å². The zero-order valence-corrected chi connectivity index (χ0v) is 11.5. The number of aromatic nitrogens is 1. The van der Waals surface area contributed by atoms with Crippen molar-refractivity contribution in [2.24, 2.45) is 11.1 Å². The standard InChI is InChI=1S/C14H23N3O/c1-11-8-12(10-16-9-11)17-13(18)4-5-14(2,3)6-7-15/h8-10H,4-7,15H2,1-3H3,(H,17,18). The first-order chi connectivity index (χ1) is 8.43. The van der Waals surface area contributed by atoms with E-state index in [4.69, 9.17) is 5.73 Å². The Kier molecular flexibility index (Phi) is 5.28. The smallest absolute Gasteiger partial charge is 0.224 e. The van der Waals surface area contributed by atoms with Crippen LogP contribution in [0.1, 0.15) is 38.7 Å². The Bertz CT molecular complexity index is 402. The average Bonchev–Trinajstić information content (AvgIpc) is 2.26. The van der Waals surface area contributed by atoms with Crippen LogP contribution in [0, 0.1) is 12.3 Å². The fourth-order valence-electron chi connectivity index (χ4n) is 1.81. The Labute approximate surface area is 109 Å². The van der Waals surface area contributed by atoms with Crippen LogP contribution in [0.15, 0.2) is 18.5 Å². The summed E-state index contributed by atoms with van der Waals surface area (Å²) in [6.45, 7) is 6.89. The molecule has 0 saturated carbocycles. The predicted molar refractivity (Wildman–Crippen MR) is 74.3 cm³/mol. The van der Waals surface area contributed by atoms with Crippen molar-refractivity contribution in [1.82, 2.24) is 4.98 Å². The average molecular weight is 249 g/mol. The third-order valence-electron chi connectivity index (χ3n) is 3.01. The highest BCUT2D eigenvalue weighted by Crippen LogP contribution is 2.26. The van der Waals surface area contributed by atoms with Gasteiger partial charge in [-0.15, -0.1) is 0 Å². The maximum Gasteiger partial charge on any atom is 0.224 e. The lowest BCUT2D eigenvalue weighted by Crippen LogP contribution is -2.20. The van der Waals surface area contributed by atoms with Crippen LogP contribution in [0.4, 0.5) is 5.69 Å². The van der Waals surface area contributed by atoms with E-state index in [1.807, 2.05) is 13.0 Å². The van der Waals surface area contributed by atoms with Crippen LogP contribution < -0.4 is 11.1 Å². The van der Waals surface area contributed by atoms with Crippen molar-refractivity contribution in [2.45, 2.75) is 40.0 Å². The van der Waals surface area contributed by atoms with Crippen LogP contribution in [0.5, 0.6) is 0 Å². The number of carbonyl (C=O) groups is 1. The number of hydrogen-bond donors (Lipinski definition) is 2. The number of nitrogens with one attached hydrogen (secondary N) is 1. The minimum Gasteiger partial charge on any atom is -0.330 e. The van der Waals surface area contributed by atoms with Crippen molar-refractivity contribution in [3.8, 4) is 0 Å². The maximum absolute atomic E-state index is 11.8. The monoisotopic (exact) mass is 249 g/mol. The lowest BCUT2D eigenvalue weighted by atomic mass is 9.84. The van der Waals surface area contributed by atoms with Crippen molar-refractivity contribution in [3.05, 3.63) is 24.0 Å². The molecule has 0 saturated heterocycles. The number of amides is 1. The summed E-state index contributed by atoms with van der Waals surface area (Å²) in [6.07, 6.45) is 5.72. The van der Waals surface area contributed by atoms with E-state index in [1.165, 1.54) is 0 Å². The summed E-state index contributed by atoms with van der Waals surface area (Å²) in [5.41, 5.74) is 7.47. The van der Waals surface area contributed by atoms with Gasteiger partial charge in [-0.3, -0.25) is 9.78 Å². The molecule has 4 heteroatoms. The molecule has 1 heterocycles. The number of aryl methyl sites for hydroxylation is 1. The Morgan fingerprint density at radius 2 is 2.11 bits per heavy atom. The second-order valence-corrected chi connectivity index (χ2v) is 5.50. The van der Waals surface area contributed by atoms with Gasteiger partial charge < -0.3 is 11.1 Å². The summed E-state index contributed by atoms with van der Waals surface area (Å²) in [5, 5.41) is 2.86. The summed E-state index contributed by atoms with van der Waals surface area (Å²) in [7, 11) is 0. The fourth-order valence-corrected chi connectivity index (χ4v) is 1.81. The zero-order chi connectivity index (χ0) is 13.6. The first kappa shape index (κ1) is 14.6. The minimum absolute atomic E-state index is 0.0347. The highest BCUT2D eigenvalue weighted by Gasteiger charge is 2.18. The van der Waals surface area contributed by atoms with Gasteiger partial charge in [0.1, 0.15) is 0 Å². The van der Waals surface area contributed by atoms with Crippen molar-refractivity contribution < 1.29 is 4.79 Å². The highest BCUT2D eigenvalue weighted by molar-refractivity contribution is 5.90. The molecule has 18 heavy (non-hydrogen) atoms. The first-order valence-electron chi connectivity index (χ1n) is 6.34. The van der Waals surface area contributed by atoms with Crippen molar-refractivity contribution in [1.29, 1.82) is 0 Å². The summed E-state index contributed by atoms with van der Waals surface area (Å²) in [6, 6.07) is 1.91. The summed E-state index contributed by atoms with van der Waals surface area (Å²) in [4.78, 5) is 15.8. The maximum atomic E-state index is 11.8. The SMILES string of the molecule is Cc1cncc(NC(=O)CCC(C)(C)CCN)c1. The van der Waals surface area contributed by atoms with Crippen LogP contribution in [0.2, 0.25) is 0 Å². The van der Waals surface area contributed by atoms with Crippen molar-refractivity contribution in [2.75, 3.05) is 11.9 Å². The zero-order valence-electron chi connectivity index (χ0n) is 11.5. The molecule has 0 aliphatic heterocycles. The molecule has 1 amide bonds. The third-order valence-corrected chi connectivity index (χ3v) is 3.01. The molecule has 100 valence electrons. The van der Waals surface area contributed by atoms with Crippen LogP contribution in [-0.4, -0.2) is 17.4 Å². The minimum atomic E-state index is 0.0347. The van der Waals surface area contributed by atoms with Gasteiger partial charge in [0.25, 0.3) is 0 Å². The molecule has 0 spiro atoms. The Hall–Kier alpha value is -1.42. The number of hydrogen-bond acceptors (Lipinski definition) is 3.